The molecule has 2 aromatic rings. The summed E-state index contributed by atoms with van der Waals surface area (Å²) in [6, 6.07) is 10.5. The van der Waals surface area contributed by atoms with Gasteiger partial charge >= 0.3 is 0 Å². The number of carbonyl (C=O) groups is 1. The van der Waals surface area contributed by atoms with Crippen LogP contribution in [0.15, 0.2) is 41.3 Å². The minimum absolute atomic E-state index is 0.0309. The van der Waals surface area contributed by atoms with Crippen LogP contribution < -0.4 is 19.1 Å². The van der Waals surface area contributed by atoms with E-state index in [0.29, 0.717) is 30.8 Å². The number of amides is 1. The molecule has 0 saturated heterocycles. The Balaban J connectivity index is 1.70. The number of fused-ring (bicyclic) bond motifs is 1. The molecule has 30 heavy (non-hydrogen) atoms. The van der Waals surface area contributed by atoms with Gasteiger partial charge in [-0.05, 0) is 61.2 Å². The number of carbonyl (C=O) groups excluding carboxylic acids is 1. The molecular formula is C22H28N2O5S. The fraction of sp³-hybridized carbons (Fsp3) is 0.409. The second kappa shape index (κ2) is 9.06. The molecule has 0 spiro atoms. The van der Waals surface area contributed by atoms with Crippen LogP contribution in [0.25, 0.3) is 0 Å². The Morgan fingerprint density at radius 2 is 1.87 bits per heavy atom. The van der Waals surface area contributed by atoms with Crippen LogP contribution in [0.3, 0.4) is 0 Å². The third-order valence-corrected chi connectivity index (χ3v) is 6.76. The largest absolute Gasteiger partial charge is 0.493 e. The van der Waals surface area contributed by atoms with Gasteiger partial charge in [-0.3, -0.25) is 4.79 Å². The van der Waals surface area contributed by atoms with E-state index in [-0.39, 0.29) is 23.4 Å². The Labute approximate surface area is 178 Å². The molecule has 0 aromatic heterocycles. The lowest BCUT2D eigenvalue weighted by Gasteiger charge is -2.22. The van der Waals surface area contributed by atoms with Crippen LogP contribution in [0.1, 0.15) is 31.4 Å². The first-order valence-electron chi connectivity index (χ1n) is 9.96. The zero-order valence-corrected chi connectivity index (χ0v) is 18.6. The fourth-order valence-electron chi connectivity index (χ4n) is 3.77. The Kier molecular flexibility index (Phi) is 6.67. The normalized spacial score (nSPS) is 15.7. The lowest BCUT2D eigenvalue weighted by molar-refractivity contribution is -0.118. The van der Waals surface area contributed by atoms with E-state index < -0.39 is 10.0 Å². The van der Waals surface area contributed by atoms with E-state index in [1.807, 2.05) is 26.0 Å². The third kappa shape index (κ3) is 4.44. The van der Waals surface area contributed by atoms with Crippen LogP contribution >= 0.6 is 0 Å². The highest BCUT2D eigenvalue weighted by atomic mass is 32.2. The maximum atomic E-state index is 12.8. The van der Waals surface area contributed by atoms with E-state index >= 15 is 0 Å². The smallest absolute Gasteiger partial charge is 0.240 e. The number of nitrogens with one attached hydrogen (secondary N) is 1. The molecule has 0 fully saturated rings. The summed E-state index contributed by atoms with van der Waals surface area (Å²) in [6.45, 7) is 4.06. The first-order valence-corrected chi connectivity index (χ1v) is 11.4. The molecule has 3 rings (SSSR count). The summed E-state index contributed by atoms with van der Waals surface area (Å²) in [5.41, 5.74) is 2.62. The van der Waals surface area contributed by atoms with Crippen molar-refractivity contribution < 1.29 is 22.7 Å². The minimum atomic E-state index is -3.65. The van der Waals surface area contributed by atoms with Gasteiger partial charge < -0.3 is 14.4 Å². The standard InChI is InChI=1S/C22H28N2O5S/c1-5-22(25)24-15(2)12-17-14-18(7-8-19(17)24)30(26,27)23-11-10-16-6-9-20(28-3)21(13-16)29-4/h6-9,13-15,23H,5,10-12H2,1-4H3/t15-/m1/s1. The summed E-state index contributed by atoms with van der Waals surface area (Å²) < 4.78 is 38.7. The fourth-order valence-corrected chi connectivity index (χ4v) is 4.86. The average Bonchev–Trinajstić information content (AvgIpc) is 3.07. The van der Waals surface area contributed by atoms with Crippen molar-refractivity contribution in [2.75, 3.05) is 25.7 Å². The van der Waals surface area contributed by atoms with Crippen LogP contribution in [0, 0.1) is 0 Å². The van der Waals surface area contributed by atoms with Crippen molar-refractivity contribution in [1.82, 2.24) is 4.72 Å². The quantitative estimate of drug-likeness (QED) is 0.693. The van der Waals surface area contributed by atoms with Gasteiger partial charge in [-0.1, -0.05) is 13.0 Å². The molecule has 1 aliphatic rings. The summed E-state index contributed by atoms with van der Waals surface area (Å²) in [5, 5.41) is 0. The van der Waals surface area contributed by atoms with Crippen molar-refractivity contribution in [2.45, 2.75) is 44.0 Å². The van der Waals surface area contributed by atoms with Crippen molar-refractivity contribution in [1.29, 1.82) is 0 Å². The molecule has 1 amide bonds. The van der Waals surface area contributed by atoms with Crippen molar-refractivity contribution >= 4 is 21.6 Å². The molecule has 2 aromatic carbocycles. The Hall–Kier alpha value is -2.58. The number of hydrogen-bond acceptors (Lipinski definition) is 5. The molecule has 0 unspecified atom stereocenters. The predicted octanol–water partition coefficient (Wildman–Crippen LogP) is 2.91. The van der Waals surface area contributed by atoms with Gasteiger partial charge in [0.25, 0.3) is 0 Å². The molecular weight excluding hydrogens is 404 g/mol. The maximum absolute atomic E-state index is 12.8. The van der Waals surface area contributed by atoms with E-state index in [0.717, 1.165) is 16.8 Å². The second-order valence-corrected chi connectivity index (χ2v) is 9.07. The SMILES string of the molecule is CCC(=O)N1c2ccc(S(=O)(=O)NCCc3ccc(OC)c(OC)c3)cc2C[C@H]1C. The van der Waals surface area contributed by atoms with Crippen molar-refractivity contribution in [3.05, 3.63) is 47.5 Å². The summed E-state index contributed by atoms with van der Waals surface area (Å²) in [7, 11) is -0.517. The first-order chi connectivity index (χ1) is 14.3. The molecule has 162 valence electrons. The highest BCUT2D eigenvalue weighted by Crippen LogP contribution is 2.34. The molecule has 1 N–H and O–H groups in total. The van der Waals surface area contributed by atoms with E-state index in [2.05, 4.69) is 4.72 Å². The van der Waals surface area contributed by atoms with Gasteiger partial charge in [0.05, 0.1) is 19.1 Å². The number of nitrogens with zero attached hydrogens (tertiary/aromatic N) is 1. The predicted molar refractivity (Wildman–Crippen MR) is 116 cm³/mol. The van der Waals surface area contributed by atoms with Gasteiger partial charge in [0.2, 0.25) is 15.9 Å². The zero-order valence-electron chi connectivity index (χ0n) is 17.8. The van der Waals surface area contributed by atoms with Crippen LogP contribution in [0.5, 0.6) is 11.5 Å². The number of ether oxygens (including phenoxy) is 2. The molecule has 7 nitrogen and oxygen atoms in total. The Morgan fingerprint density at radius 1 is 1.13 bits per heavy atom. The number of sulfonamides is 1. The molecule has 0 aliphatic carbocycles. The first kappa shape index (κ1) is 22.1. The van der Waals surface area contributed by atoms with Crippen molar-refractivity contribution in [2.24, 2.45) is 0 Å². The molecule has 0 radical (unpaired) electrons. The molecule has 0 bridgehead atoms. The van der Waals surface area contributed by atoms with Crippen molar-refractivity contribution in [3.8, 4) is 11.5 Å². The lowest BCUT2D eigenvalue weighted by atomic mass is 10.1. The minimum Gasteiger partial charge on any atom is -0.493 e. The number of hydrogen-bond donors (Lipinski definition) is 1. The van der Waals surface area contributed by atoms with Gasteiger partial charge in [-0.15, -0.1) is 0 Å². The highest BCUT2D eigenvalue weighted by Gasteiger charge is 2.31. The Morgan fingerprint density at radius 3 is 2.53 bits per heavy atom. The Bertz CT molecular complexity index is 1040. The lowest BCUT2D eigenvalue weighted by Crippen LogP contribution is -2.35. The maximum Gasteiger partial charge on any atom is 0.240 e. The summed E-state index contributed by atoms with van der Waals surface area (Å²) >= 11 is 0. The highest BCUT2D eigenvalue weighted by molar-refractivity contribution is 7.89. The van der Waals surface area contributed by atoms with E-state index in [1.165, 1.54) is 0 Å². The topological polar surface area (TPSA) is 84.9 Å². The summed E-state index contributed by atoms with van der Waals surface area (Å²) in [6.07, 6.45) is 1.58. The summed E-state index contributed by atoms with van der Waals surface area (Å²) in [5.74, 6) is 1.28. The van der Waals surface area contributed by atoms with Gasteiger partial charge in [0, 0.05) is 24.7 Å². The number of rotatable bonds is 8. The number of methoxy groups -OCH3 is 2. The van der Waals surface area contributed by atoms with Gasteiger partial charge in [0.1, 0.15) is 0 Å². The van der Waals surface area contributed by atoms with Crippen LogP contribution in [-0.4, -0.2) is 41.1 Å². The van der Waals surface area contributed by atoms with Crippen molar-refractivity contribution in [3.63, 3.8) is 0 Å². The zero-order chi connectivity index (χ0) is 21.9. The van der Waals surface area contributed by atoms with Crippen LogP contribution in [-0.2, 0) is 27.7 Å². The monoisotopic (exact) mass is 432 g/mol. The third-order valence-electron chi connectivity index (χ3n) is 5.30. The van der Waals surface area contributed by atoms with E-state index in [9.17, 15) is 13.2 Å². The van der Waals surface area contributed by atoms with Crippen LogP contribution in [0.4, 0.5) is 5.69 Å². The second-order valence-electron chi connectivity index (χ2n) is 7.30. The van der Waals surface area contributed by atoms with Crippen LogP contribution in [0.2, 0.25) is 0 Å². The molecule has 8 heteroatoms. The molecule has 0 saturated carbocycles. The molecule has 1 aliphatic heterocycles. The van der Waals surface area contributed by atoms with Gasteiger partial charge in [-0.25, -0.2) is 13.1 Å². The van der Waals surface area contributed by atoms with Gasteiger partial charge in [-0.2, -0.15) is 0 Å². The number of anilines is 1. The molecule has 1 atom stereocenters. The molecule has 1 heterocycles. The van der Waals surface area contributed by atoms with E-state index in [4.69, 9.17) is 9.47 Å². The van der Waals surface area contributed by atoms with E-state index in [1.54, 1.807) is 43.4 Å². The number of benzene rings is 2. The van der Waals surface area contributed by atoms with Gasteiger partial charge in [0.15, 0.2) is 11.5 Å². The average molecular weight is 433 g/mol. The summed E-state index contributed by atoms with van der Waals surface area (Å²) in [4.78, 5) is 14.2.